The van der Waals surface area contributed by atoms with E-state index in [9.17, 15) is 0 Å². The highest BCUT2D eigenvalue weighted by molar-refractivity contribution is 6.31. The molecule has 2 N–H and O–H groups in total. The van der Waals surface area contributed by atoms with Crippen LogP contribution in [0.5, 0.6) is 5.75 Å². The Bertz CT molecular complexity index is 399. The topological polar surface area (TPSA) is 44.5 Å². The van der Waals surface area contributed by atoms with Crippen LogP contribution in [0.15, 0.2) is 12.1 Å². The molecule has 2 rings (SSSR count). The number of nitrogens with two attached hydrogens (primary N) is 1. The molecule has 0 bridgehead atoms. The molecule has 1 heterocycles. The largest absolute Gasteiger partial charge is 0.467 e. The van der Waals surface area contributed by atoms with Crippen LogP contribution >= 0.6 is 11.6 Å². The molecule has 0 amide bonds. The van der Waals surface area contributed by atoms with Gasteiger partial charge in [0, 0.05) is 16.1 Å². The summed E-state index contributed by atoms with van der Waals surface area (Å²) < 4.78 is 10.6. The van der Waals surface area contributed by atoms with Crippen LogP contribution in [0.1, 0.15) is 25.0 Å². The molecule has 0 saturated carbocycles. The van der Waals surface area contributed by atoms with Crippen molar-refractivity contribution in [2.24, 2.45) is 5.73 Å². The lowest BCUT2D eigenvalue weighted by atomic mass is 9.95. The van der Waals surface area contributed by atoms with E-state index in [2.05, 4.69) is 0 Å². The zero-order chi connectivity index (χ0) is 11.8. The Labute approximate surface area is 100 Å². The summed E-state index contributed by atoms with van der Waals surface area (Å²) in [5.74, 6) is 0.856. The van der Waals surface area contributed by atoms with E-state index in [1.807, 2.05) is 26.0 Å². The molecule has 0 saturated heterocycles. The van der Waals surface area contributed by atoms with Gasteiger partial charge in [-0.2, -0.15) is 0 Å². The van der Waals surface area contributed by atoms with Crippen molar-refractivity contribution >= 4 is 11.6 Å². The van der Waals surface area contributed by atoms with Gasteiger partial charge in [-0.1, -0.05) is 11.6 Å². The van der Waals surface area contributed by atoms with E-state index in [1.165, 1.54) is 0 Å². The zero-order valence-corrected chi connectivity index (χ0v) is 10.3. The molecule has 1 aliphatic rings. The fraction of sp³-hybridized carbons (Fsp3) is 0.500. The quantitative estimate of drug-likeness (QED) is 0.865. The van der Waals surface area contributed by atoms with Gasteiger partial charge in [-0.05, 0) is 38.0 Å². The number of hydrogen-bond donors (Lipinski definition) is 1. The monoisotopic (exact) mass is 241 g/mol. The second-order valence-electron chi connectivity index (χ2n) is 4.83. The summed E-state index contributed by atoms with van der Waals surface area (Å²) in [6, 6.07) is 3.87. The highest BCUT2D eigenvalue weighted by Crippen LogP contribution is 2.31. The van der Waals surface area contributed by atoms with Gasteiger partial charge >= 0.3 is 0 Å². The molecule has 0 unspecified atom stereocenters. The van der Waals surface area contributed by atoms with Crippen molar-refractivity contribution in [1.82, 2.24) is 0 Å². The van der Waals surface area contributed by atoms with Crippen LogP contribution in [0.4, 0.5) is 0 Å². The first-order valence-electron chi connectivity index (χ1n) is 5.26. The maximum absolute atomic E-state index is 6.20. The molecule has 4 heteroatoms. The maximum Gasteiger partial charge on any atom is 0.189 e. The molecule has 0 aliphatic carbocycles. The van der Waals surface area contributed by atoms with Crippen molar-refractivity contribution in [3.63, 3.8) is 0 Å². The van der Waals surface area contributed by atoms with Gasteiger partial charge in [-0.25, -0.2) is 0 Å². The summed E-state index contributed by atoms with van der Waals surface area (Å²) in [6.45, 7) is 4.82. The van der Waals surface area contributed by atoms with Crippen LogP contribution in [-0.4, -0.2) is 12.3 Å². The average molecular weight is 242 g/mol. The third kappa shape index (κ3) is 2.67. The highest BCUT2D eigenvalue weighted by atomic mass is 35.5. The fourth-order valence-electron chi connectivity index (χ4n) is 1.77. The molecule has 0 radical (unpaired) electrons. The van der Waals surface area contributed by atoms with Gasteiger partial charge in [0.25, 0.3) is 0 Å². The summed E-state index contributed by atoms with van der Waals surface area (Å²) in [6.07, 6.45) is 0.726. The second kappa shape index (κ2) is 4.24. The minimum atomic E-state index is -0.275. The van der Waals surface area contributed by atoms with E-state index in [4.69, 9.17) is 26.8 Å². The number of rotatable bonds is 2. The van der Waals surface area contributed by atoms with E-state index in [0.717, 1.165) is 28.3 Å². The lowest BCUT2D eigenvalue weighted by Crippen LogP contribution is -2.34. The van der Waals surface area contributed by atoms with Gasteiger partial charge in [0.1, 0.15) is 5.75 Å². The Morgan fingerprint density at radius 2 is 2.19 bits per heavy atom. The van der Waals surface area contributed by atoms with E-state index in [-0.39, 0.29) is 5.54 Å². The minimum Gasteiger partial charge on any atom is -0.467 e. The molecule has 0 aromatic heterocycles. The van der Waals surface area contributed by atoms with E-state index in [0.29, 0.717) is 13.4 Å². The summed E-state index contributed by atoms with van der Waals surface area (Å²) in [7, 11) is 0. The van der Waals surface area contributed by atoms with Crippen molar-refractivity contribution < 1.29 is 9.47 Å². The van der Waals surface area contributed by atoms with Gasteiger partial charge in [-0.3, -0.25) is 0 Å². The first kappa shape index (κ1) is 11.7. The summed E-state index contributed by atoms with van der Waals surface area (Å²) in [5, 5.41) is 0.728. The van der Waals surface area contributed by atoms with Crippen LogP contribution in [0.3, 0.4) is 0 Å². The van der Waals surface area contributed by atoms with Crippen molar-refractivity contribution in [3.8, 4) is 5.75 Å². The van der Waals surface area contributed by atoms with Crippen LogP contribution in [-0.2, 0) is 17.8 Å². The van der Waals surface area contributed by atoms with E-state index in [1.54, 1.807) is 0 Å². The molecular formula is C12H16ClNO2. The first-order valence-corrected chi connectivity index (χ1v) is 5.64. The lowest BCUT2D eigenvalue weighted by molar-refractivity contribution is -0.0164. The Morgan fingerprint density at radius 3 is 2.88 bits per heavy atom. The Hall–Kier alpha value is -0.770. The first-order chi connectivity index (χ1) is 7.46. The predicted octanol–water partition coefficient (Wildman–Crippen LogP) is 2.49. The normalized spacial score (nSPS) is 15.5. The van der Waals surface area contributed by atoms with E-state index < -0.39 is 0 Å². The minimum absolute atomic E-state index is 0.275. The molecule has 0 fully saturated rings. The molecule has 1 aromatic carbocycles. The molecule has 3 nitrogen and oxygen atoms in total. The SMILES string of the molecule is CC(C)(N)Cc1cc2c(cc1Cl)COCO2. The molecule has 0 spiro atoms. The third-order valence-electron chi connectivity index (χ3n) is 2.43. The second-order valence-corrected chi connectivity index (χ2v) is 5.23. The number of halogens is 1. The number of fused-ring (bicyclic) bond motifs is 1. The maximum atomic E-state index is 6.20. The molecule has 88 valence electrons. The Balaban J connectivity index is 2.32. The molecule has 0 atom stereocenters. The summed E-state index contributed by atoms with van der Waals surface area (Å²) in [4.78, 5) is 0. The van der Waals surface area contributed by atoms with Crippen LogP contribution in [0, 0.1) is 0 Å². The summed E-state index contributed by atoms with van der Waals surface area (Å²) >= 11 is 6.20. The van der Waals surface area contributed by atoms with Gasteiger partial charge in [0.2, 0.25) is 0 Å². The molecule has 1 aromatic rings. The fourth-order valence-corrected chi connectivity index (χ4v) is 2.02. The molecule has 1 aliphatic heterocycles. The van der Waals surface area contributed by atoms with Gasteiger partial charge in [0.15, 0.2) is 6.79 Å². The highest BCUT2D eigenvalue weighted by Gasteiger charge is 2.18. The zero-order valence-electron chi connectivity index (χ0n) is 9.55. The predicted molar refractivity (Wildman–Crippen MR) is 63.7 cm³/mol. The van der Waals surface area contributed by atoms with Gasteiger partial charge < -0.3 is 15.2 Å². The lowest BCUT2D eigenvalue weighted by Gasteiger charge is -2.23. The van der Waals surface area contributed by atoms with Crippen LogP contribution in [0.25, 0.3) is 0 Å². The number of ether oxygens (including phenoxy) is 2. The third-order valence-corrected chi connectivity index (χ3v) is 2.78. The van der Waals surface area contributed by atoms with Crippen molar-refractivity contribution in [2.75, 3.05) is 6.79 Å². The van der Waals surface area contributed by atoms with Crippen molar-refractivity contribution in [2.45, 2.75) is 32.4 Å². The number of hydrogen-bond acceptors (Lipinski definition) is 3. The Morgan fingerprint density at radius 1 is 1.44 bits per heavy atom. The van der Waals surface area contributed by atoms with Crippen molar-refractivity contribution in [1.29, 1.82) is 0 Å². The summed E-state index contributed by atoms with van der Waals surface area (Å²) in [5.41, 5.74) is 7.73. The van der Waals surface area contributed by atoms with Crippen molar-refractivity contribution in [3.05, 3.63) is 28.3 Å². The molecular weight excluding hydrogens is 226 g/mol. The Kier molecular flexibility index (Phi) is 3.10. The van der Waals surface area contributed by atoms with E-state index >= 15 is 0 Å². The molecule has 16 heavy (non-hydrogen) atoms. The van der Waals surface area contributed by atoms with Gasteiger partial charge in [-0.15, -0.1) is 0 Å². The smallest absolute Gasteiger partial charge is 0.189 e. The number of benzene rings is 1. The standard InChI is InChI=1S/C12H16ClNO2/c1-12(2,14)5-8-4-11-9(3-10(8)13)6-15-7-16-11/h3-4H,5-7,14H2,1-2H3. The van der Waals surface area contributed by atoms with Gasteiger partial charge in [0.05, 0.1) is 6.61 Å². The van der Waals surface area contributed by atoms with Crippen LogP contribution in [0.2, 0.25) is 5.02 Å². The average Bonchev–Trinajstić information content (AvgIpc) is 2.17. The van der Waals surface area contributed by atoms with Crippen LogP contribution < -0.4 is 10.5 Å².